The van der Waals surface area contributed by atoms with E-state index in [4.69, 9.17) is 5.73 Å². The molecule has 4 heteroatoms. The van der Waals surface area contributed by atoms with E-state index in [9.17, 15) is 4.79 Å². The Bertz CT molecular complexity index is 369. The summed E-state index contributed by atoms with van der Waals surface area (Å²) in [5, 5.41) is 2.95. The lowest BCUT2D eigenvalue weighted by atomic mass is 10.2. The molecule has 0 unspecified atom stereocenters. The van der Waals surface area contributed by atoms with Gasteiger partial charge in [0.05, 0.1) is 20.1 Å². The van der Waals surface area contributed by atoms with Gasteiger partial charge in [0.15, 0.2) is 6.67 Å². The van der Waals surface area contributed by atoms with Gasteiger partial charge >= 0.3 is 0 Å². The number of nitrogens with one attached hydrogen (secondary N) is 1. The van der Waals surface area contributed by atoms with Crippen LogP contribution in [0.25, 0.3) is 0 Å². The van der Waals surface area contributed by atoms with Gasteiger partial charge in [0.25, 0.3) is 5.91 Å². The molecule has 0 atom stereocenters. The maximum absolute atomic E-state index is 11.9. The third-order valence-electron chi connectivity index (χ3n) is 3.32. The average molecular weight is 236 g/mol. The fraction of sp³-hybridized carbons (Fsp3) is 0.462. The zero-order valence-electron chi connectivity index (χ0n) is 10.9. The summed E-state index contributed by atoms with van der Waals surface area (Å²) in [6.07, 6.45) is 0. The van der Waals surface area contributed by atoms with Crippen LogP contribution in [-0.2, 0) is 0 Å². The number of nitrogen functional groups attached to an aromatic ring is 1. The number of carbonyl (C=O) groups is 1. The Kier molecular flexibility index (Phi) is 4.52. The lowest BCUT2D eigenvalue weighted by Crippen LogP contribution is -2.51. The van der Waals surface area contributed by atoms with Crippen molar-refractivity contribution >= 4 is 11.6 Å². The highest BCUT2D eigenvalue weighted by Gasteiger charge is 2.17. The summed E-state index contributed by atoms with van der Waals surface area (Å²) >= 11 is 0. The SMILES string of the molecule is CC[N+](C)(CC)CNC(=O)c1ccc(N)cc1. The molecule has 0 heterocycles. The lowest BCUT2D eigenvalue weighted by Gasteiger charge is -2.31. The monoisotopic (exact) mass is 236 g/mol. The van der Waals surface area contributed by atoms with Crippen LogP contribution in [-0.4, -0.2) is 37.2 Å². The number of benzene rings is 1. The molecule has 1 aromatic carbocycles. The molecule has 1 aromatic rings. The summed E-state index contributed by atoms with van der Waals surface area (Å²) in [5.41, 5.74) is 6.90. The molecule has 4 nitrogen and oxygen atoms in total. The molecule has 1 amide bonds. The van der Waals surface area contributed by atoms with Crippen LogP contribution in [0, 0.1) is 0 Å². The van der Waals surface area contributed by atoms with E-state index in [-0.39, 0.29) is 5.91 Å². The quantitative estimate of drug-likeness (QED) is 0.462. The van der Waals surface area contributed by atoms with E-state index < -0.39 is 0 Å². The van der Waals surface area contributed by atoms with Crippen molar-refractivity contribution < 1.29 is 9.28 Å². The number of rotatable bonds is 5. The normalized spacial score (nSPS) is 11.2. The fourth-order valence-corrected chi connectivity index (χ4v) is 1.45. The lowest BCUT2D eigenvalue weighted by molar-refractivity contribution is -0.907. The van der Waals surface area contributed by atoms with Crippen molar-refractivity contribution in [2.45, 2.75) is 13.8 Å². The Morgan fingerprint density at radius 1 is 1.24 bits per heavy atom. The zero-order chi connectivity index (χ0) is 12.9. The average Bonchev–Trinajstić information content (AvgIpc) is 2.36. The van der Waals surface area contributed by atoms with Crippen molar-refractivity contribution in [3.05, 3.63) is 29.8 Å². The fourth-order valence-electron chi connectivity index (χ4n) is 1.45. The number of nitrogens with two attached hydrogens (primary N) is 1. The largest absolute Gasteiger partial charge is 0.399 e. The van der Waals surface area contributed by atoms with Crippen LogP contribution in [0.15, 0.2) is 24.3 Å². The highest BCUT2D eigenvalue weighted by molar-refractivity contribution is 5.94. The predicted octanol–water partition coefficient (Wildman–Crippen LogP) is 1.44. The first-order valence-corrected chi connectivity index (χ1v) is 5.98. The van der Waals surface area contributed by atoms with Gasteiger partial charge in [-0.2, -0.15) is 0 Å². The van der Waals surface area contributed by atoms with Gasteiger partial charge in [0, 0.05) is 11.3 Å². The number of amides is 1. The van der Waals surface area contributed by atoms with Crippen molar-refractivity contribution in [1.82, 2.24) is 5.32 Å². The minimum Gasteiger partial charge on any atom is -0.399 e. The minimum atomic E-state index is -0.0451. The number of anilines is 1. The summed E-state index contributed by atoms with van der Waals surface area (Å²) < 4.78 is 0.834. The molecule has 94 valence electrons. The third kappa shape index (κ3) is 3.75. The van der Waals surface area contributed by atoms with E-state index >= 15 is 0 Å². The van der Waals surface area contributed by atoms with Gasteiger partial charge in [-0.05, 0) is 38.1 Å². The molecule has 0 aromatic heterocycles. The first kappa shape index (κ1) is 13.5. The van der Waals surface area contributed by atoms with Crippen molar-refractivity contribution in [1.29, 1.82) is 0 Å². The molecule has 0 bridgehead atoms. The molecule has 0 aliphatic heterocycles. The van der Waals surface area contributed by atoms with E-state index in [1.54, 1.807) is 24.3 Å². The van der Waals surface area contributed by atoms with Crippen molar-refractivity contribution in [3.8, 4) is 0 Å². The second-order valence-electron chi connectivity index (χ2n) is 4.54. The molecule has 0 aliphatic carbocycles. The van der Waals surface area contributed by atoms with Gasteiger partial charge in [-0.25, -0.2) is 0 Å². The molecule has 0 spiro atoms. The second kappa shape index (κ2) is 5.68. The number of hydrogen-bond donors (Lipinski definition) is 2. The number of nitrogens with zero attached hydrogens (tertiary/aromatic N) is 1. The summed E-state index contributed by atoms with van der Waals surface area (Å²) in [5.74, 6) is -0.0451. The molecule has 0 radical (unpaired) electrons. The third-order valence-corrected chi connectivity index (χ3v) is 3.32. The summed E-state index contributed by atoms with van der Waals surface area (Å²) in [4.78, 5) is 11.9. The Labute approximate surface area is 103 Å². The number of quaternary nitrogens is 1. The maximum atomic E-state index is 11.9. The highest BCUT2D eigenvalue weighted by atomic mass is 16.1. The molecule has 0 fully saturated rings. The smallest absolute Gasteiger partial charge is 0.255 e. The van der Waals surface area contributed by atoms with E-state index in [2.05, 4.69) is 26.2 Å². The van der Waals surface area contributed by atoms with Gasteiger partial charge in [-0.3, -0.25) is 4.79 Å². The Morgan fingerprint density at radius 3 is 2.24 bits per heavy atom. The van der Waals surface area contributed by atoms with Gasteiger partial charge in [0.1, 0.15) is 0 Å². The van der Waals surface area contributed by atoms with Crippen LogP contribution in [0.1, 0.15) is 24.2 Å². The molecular formula is C13H22N3O+. The zero-order valence-corrected chi connectivity index (χ0v) is 10.9. The van der Waals surface area contributed by atoms with Crippen LogP contribution in [0.3, 0.4) is 0 Å². The van der Waals surface area contributed by atoms with Gasteiger partial charge in [-0.1, -0.05) is 0 Å². The van der Waals surface area contributed by atoms with E-state index in [1.165, 1.54) is 0 Å². The topological polar surface area (TPSA) is 55.1 Å². The Morgan fingerprint density at radius 2 is 1.76 bits per heavy atom. The van der Waals surface area contributed by atoms with Gasteiger partial charge in [-0.15, -0.1) is 0 Å². The molecule has 0 saturated carbocycles. The molecule has 0 saturated heterocycles. The van der Waals surface area contributed by atoms with E-state index in [0.29, 0.717) is 17.9 Å². The molecule has 3 N–H and O–H groups in total. The van der Waals surface area contributed by atoms with Crippen LogP contribution in [0.4, 0.5) is 5.69 Å². The number of carbonyl (C=O) groups excluding carboxylic acids is 1. The van der Waals surface area contributed by atoms with Gasteiger partial charge < -0.3 is 15.5 Å². The molecule has 17 heavy (non-hydrogen) atoms. The Balaban J connectivity index is 2.58. The van der Waals surface area contributed by atoms with Crippen LogP contribution in [0.5, 0.6) is 0 Å². The highest BCUT2D eigenvalue weighted by Crippen LogP contribution is 2.06. The summed E-state index contributed by atoms with van der Waals surface area (Å²) in [6, 6.07) is 6.96. The predicted molar refractivity (Wildman–Crippen MR) is 70.5 cm³/mol. The first-order valence-electron chi connectivity index (χ1n) is 5.98. The minimum absolute atomic E-state index is 0.0451. The number of hydrogen-bond acceptors (Lipinski definition) is 2. The summed E-state index contributed by atoms with van der Waals surface area (Å²) in [6.45, 7) is 6.89. The first-order chi connectivity index (χ1) is 8.00. The van der Waals surface area contributed by atoms with E-state index in [1.807, 2.05) is 0 Å². The second-order valence-corrected chi connectivity index (χ2v) is 4.54. The maximum Gasteiger partial charge on any atom is 0.255 e. The van der Waals surface area contributed by atoms with Crippen molar-refractivity contribution in [2.24, 2.45) is 0 Å². The van der Waals surface area contributed by atoms with Crippen LogP contribution in [0.2, 0.25) is 0 Å². The standard InChI is InChI=1S/C13H21N3O/c1-4-16(3,5-2)10-15-13(17)11-6-8-12(14)9-7-11/h6-9H,4-5,10H2,1-3H3,(H2-,14,15,17)/p+1. The van der Waals surface area contributed by atoms with Crippen molar-refractivity contribution in [3.63, 3.8) is 0 Å². The molecule has 1 rings (SSSR count). The summed E-state index contributed by atoms with van der Waals surface area (Å²) in [7, 11) is 2.13. The van der Waals surface area contributed by atoms with Gasteiger partial charge in [0.2, 0.25) is 0 Å². The van der Waals surface area contributed by atoms with E-state index in [0.717, 1.165) is 17.6 Å². The Hall–Kier alpha value is -1.55. The molecule has 0 aliphatic rings. The van der Waals surface area contributed by atoms with Crippen LogP contribution < -0.4 is 11.1 Å². The van der Waals surface area contributed by atoms with Crippen LogP contribution >= 0.6 is 0 Å². The van der Waals surface area contributed by atoms with Crippen molar-refractivity contribution in [2.75, 3.05) is 32.5 Å². The molecular weight excluding hydrogens is 214 g/mol.